The van der Waals surface area contributed by atoms with Gasteiger partial charge in [0.05, 0.1) is 27.2 Å². The second kappa shape index (κ2) is 9.44. The van der Waals surface area contributed by atoms with E-state index in [1.165, 1.54) is 44.0 Å². The Kier molecular flexibility index (Phi) is 7.50. The summed E-state index contributed by atoms with van der Waals surface area (Å²) in [4.78, 5) is 12.6. The molecule has 10 heteroatoms. The first-order valence-electron chi connectivity index (χ1n) is 8.98. The lowest BCUT2D eigenvalue weighted by molar-refractivity contribution is -0.126. The second-order valence-electron chi connectivity index (χ2n) is 6.74. The predicted octanol–water partition coefficient (Wildman–Crippen LogP) is 0.847. The van der Waals surface area contributed by atoms with Crippen LogP contribution < -0.4 is 19.5 Å². The zero-order valence-electron chi connectivity index (χ0n) is 17.0. The van der Waals surface area contributed by atoms with Gasteiger partial charge in [-0.3, -0.25) is 4.79 Å². The number of nitrogens with zero attached hydrogens (tertiary/aromatic N) is 2. The van der Waals surface area contributed by atoms with Crippen molar-refractivity contribution in [1.29, 1.82) is 0 Å². The summed E-state index contributed by atoms with van der Waals surface area (Å²) in [6.45, 7) is 0.880. The Morgan fingerprint density at radius 2 is 1.79 bits per heavy atom. The molecule has 1 fully saturated rings. The highest BCUT2D eigenvalue weighted by Gasteiger charge is 2.33. The van der Waals surface area contributed by atoms with E-state index in [1.807, 2.05) is 0 Å². The lowest BCUT2D eigenvalue weighted by Gasteiger charge is -2.32. The molecule has 1 aliphatic rings. The van der Waals surface area contributed by atoms with Crippen LogP contribution in [0.2, 0.25) is 0 Å². The zero-order valence-corrected chi connectivity index (χ0v) is 17.8. The van der Waals surface area contributed by atoms with E-state index < -0.39 is 10.2 Å². The number of hydrogen-bond acceptors (Lipinski definition) is 6. The molecule has 158 valence electrons. The van der Waals surface area contributed by atoms with E-state index in [2.05, 4.69) is 5.32 Å². The summed E-state index contributed by atoms with van der Waals surface area (Å²) in [7, 11) is 4.04. The average molecular weight is 416 g/mol. The highest BCUT2D eigenvalue weighted by atomic mass is 32.2. The average Bonchev–Trinajstić information content (AvgIpc) is 2.70. The van der Waals surface area contributed by atoms with Crippen molar-refractivity contribution in [3.05, 3.63) is 17.7 Å². The lowest BCUT2D eigenvalue weighted by Crippen LogP contribution is -2.48. The van der Waals surface area contributed by atoms with E-state index >= 15 is 0 Å². The molecule has 0 aromatic heterocycles. The highest BCUT2D eigenvalue weighted by molar-refractivity contribution is 7.86. The minimum atomic E-state index is -3.52. The smallest absolute Gasteiger partial charge is 0.281 e. The van der Waals surface area contributed by atoms with Crippen molar-refractivity contribution in [3.8, 4) is 17.2 Å². The van der Waals surface area contributed by atoms with Crippen LogP contribution in [0.5, 0.6) is 17.2 Å². The molecule has 1 aromatic carbocycles. The first-order chi connectivity index (χ1) is 13.2. The number of hydrogen-bond donors (Lipinski definition) is 1. The number of carbonyl (C=O) groups excluding carboxylic acids is 1. The van der Waals surface area contributed by atoms with Gasteiger partial charge >= 0.3 is 0 Å². The van der Waals surface area contributed by atoms with Crippen molar-refractivity contribution in [2.75, 3.05) is 48.5 Å². The summed E-state index contributed by atoms with van der Waals surface area (Å²) in [6, 6.07) is 3.54. The summed E-state index contributed by atoms with van der Waals surface area (Å²) in [6.07, 6.45) is 1.30. The monoisotopic (exact) mass is 415 g/mol. The summed E-state index contributed by atoms with van der Waals surface area (Å²) >= 11 is 0. The van der Waals surface area contributed by atoms with E-state index in [1.54, 1.807) is 12.1 Å². The minimum Gasteiger partial charge on any atom is -0.493 e. The lowest BCUT2D eigenvalue weighted by atomic mass is 9.98. The third-order valence-electron chi connectivity index (χ3n) is 4.73. The van der Waals surface area contributed by atoms with Gasteiger partial charge in [0.25, 0.3) is 10.2 Å². The molecule has 1 heterocycles. The van der Waals surface area contributed by atoms with Gasteiger partial charge in [-0.15, -0.1) is 0 Å². The molecule has 2 rings (SSSR count). The van der Waals surface area contributed by atoms with Gasteiger partial charge in [-0.1, -0.05) is 0 Å². The molecule has 0 aliphatic carbocycles. The predicted molar refractivity (Wildman–Crippen MR) is 105 cm³/mol. The highest BCUT2D eigenvalue weighted by Crippen LogP contribution is 2.38. The van der Waals surface area contributed by atoms with E-state index in [0.717, 1.165) is 5.56 Å². The fourth-order valence-corrected chi connectivity index (χ4v) is 4.36. The van der Waals surface area contributed by atoms with Crippen molar-refractivity contribution in [2.24, 2.45) is 5.92 Å². The third-order valence-corrected chi connectivity index (χ3v) is 6.64. The fourth-order valence-electron chi connectivity index (χ4n) is 3.17. The van der Waals surface area contributed by atoms with Crippen LogP contribution in [0.25, 0.3) is 0 Å². The molecule has 1 aromatic rings. The normalized spacial score (nSPS) is 18.0. The van der Waals surface area contributed by atoms with Crippen LogP contribution in [0.3, 0.4) is 0 Å². The van der Waals surface area contributed by atoms with Crippen LogP contribution >= 0.6 is 0 Å². The van der Waals surface area contributed by atoms with Gasteiger partial charge in [-0.05, 0) is 30.5 Å². The molecule has 28 heavy (non-hydrogen) atoms. The number of rotatable bonds is 8. The molecule has 0 spiro atoms. The quantitative estimate of drug-likeness (QED) is 0.676. The maximum Gasteiger partial charge on any atom is 0.281 e. The first kappa shape index (κ1) is 22.3. The zero-order chi connectivity index (χ0) is 20.9. The number of carbonyl (C=O) groups is 1. The van der Waals surface area contributed by atoms with E-state index in [-0.39, 0.29) is 24.9 Å². The molecule has 0 saturated carbocycles. The molecular weight excluding hydrogens is 386 g/mol. The minimum absolute atomic E-state index is 0.174. The Balaban J connectivity index is 2.06. The molecule has 9 nitrogen and oxygen atoms in total. The molecule has 1 atom stereocenters. The number of ether oxygens (including phenoxy) is 3. The Morgan fingerprint density at radius 3 is 2.29 bits per heavy atom. The first-order valence-corrected chi connectivity index (χ1v) is 10.4. The number of methoxy groups -OCH3 is 3. The number of benzene rings is 1. The number of nitrogens with one attached hydrogen (secondary N) is 1. The van der Waals surface area contributed by atoms with Crippen molar-refractivity contribution in [3.63, 3.8) is 0 Å². The summed E-state index contributed by atoms with van der Waals surface area (Å²) in [5.41, 5.74) is 0.788. The largest absolute Gasteiger partial charge is 0.493 e. The van der Waals surface area contributed by atoms with Crippen LogP contribution in [-0.2, 0) is 21.5 Å². The molecular formula is C18H29N3O6S. The van der Waals surface area contributed by atoms with Gasteiger partial charge in [-0.25, -0.2) is 0 Å². The van der Waals surface area contributed by atoms with E-state index in [0.29, 0.717) is 36.6 Å². The maximum absolute atomic E-state index is 12.6. The molecule has 1 amide bonds. The van der Waals surface area contributed by atoms with Gasteiger partial charge in [0.15, 0.2) is 11.5 Å². The van der Waals surface area contributed by atoms with Crippen LogP contribution in [-0.4, -0.2) is 71.4 Å². The molecule has 1 N–H and O–H groups in total. The van der Waals surface area contributed by atoms with Gasteiger partial charge in [0.1, 0.15) is 0 Å². The van der Waals surface area contributed by atoms with Crippen LogP contribution in [0.15, 0.2) is 12.1 Å². The Labute approximate surface area is 166 Å². The second-order valence-corrected chi connectivity index (χ2v) is 8.88. The Hall–Kier alpha value is -2.04. The molecule has 1 aliphatic heterocycles. The fraction of sp³-hybridized carbons (Fsp3) is 0.611. The topological polar surface area (TPSA) is 97.4 Å². The van der Waals surface area contributed by atoms with Crippen LogP contribution in [0.4, 0.5) is 0 Å². The van der Waals surface area contributed by atoms with Gasteiger partial charge in [0, 0.05) is 33.7 Å². The Bertz CT molecular complexity index is 772. The van der Waals surface area contributed by atoms with Crippen LogP contribution in [0, 0.1) is 5.92 Å². The SMILES string of the molecule is COc1cc(CNC(=O)[C@H]2CCCN(S(=O)(=O)N(C)C)C2)cc(OC)c1OC. The van der Waals surface area contributed by atoms with Crippen molar-refractivity contribution < 1.29 is 27.4 Å². The number of amides is 1. The van der Waals surface area contributed by atoms with Crippen molar-refractivity contribution in [1.82, 2.24) is 13.9 Å². The van der Waals surface area contributed by atoms with Crippen LogP contribution in [0.1, 0.15) is 18.4 Å². The summed E-state index contributed by atoms with van der Waals surface area (Å²) in [5, 5.41) is 2.88. The molecule has 0 radical (unpaired) electrons. The number of piperidine rings is 1. The van der Waals surface area contributed by atoms with Gasteiger partial charge in [0.2, 0.25) is 11.7 Å². The third kappa shape index (κ3) is 4.86. The van der Waals surface area contributed by atoms with Crippen molar-refractivity contribution in [2.45, 2.75) is 19.4 Å². The van der Waals surface area contributed by atoms with E-state index in [9.17, 15) is 13.2 Å². The van der Waals surface area contributed by atoms with Gasteiger partial charge < -0.3 is 19.5 Å². The molecule has 1 saturated heterocycles. The van der Waals surface area contributed by atoms with Gasteiger partial charge in [-0.2, -0.15) is 17.0 Å². The summed E-state index contributed by atoms with van der Waals surface area (Å²) in [5.74, 6) is 0.939. The van der Waals surface area contributed by atoms with Crippen molar-refractivity contribution >= 4 is 16.1 Å². The Morgan fingerprint density at radius 1 is 1.18 bits per heavy atom. The summed E-state index contributed by atoms with van der Waals surface area (Å²) < 4.78 is 43.1. The standard InChI is InChI=1S/C18H29N3O6S/c1-20(2)28(23,24)21-8-6-7-14(12-21)18(22)19-11-13-9-15(25-3)17(27-5)16(10-13)26-4/h9-10,14H,6-8,11-12H2,1-5H3,(H,19,22)/t14-/m0/s1. The maximum atomic E-state index is 12.6. The van der Waals surface area contributed by atoms with E-state index in [4.69, 9.17) is 14.2 Å². The molecule has 0 bridgehead atoms. The molecule has 0 unspecified atom stereocenters.